The van der Waals surface area contributed by atoms with Gasteiger partial charge in [0.25, 0.3) is 0 Å². The van der Waals surface area contributed by atoms with Gasteiger partial charge in [-0.3, -0.25) is 0 Å². The third kappa shape index (κ3) is 1.77. The highest BCUT2D eigenvalue weighted by atomic mass is 16.5. The van der Waals surface area contributed by atoms with Crippen molar-refractivity contribution in [2.24, 2.45) is 5.92 Å². The van der Waals surface area contributed by atoms with Crippen molar-refractivity contribution in [1.29, 1.82) is 0 Å². The normalized spacial score (nSPS) is 16.2. The van der Waals surface area contributed by atoms with E-state index in [4.69, 9.17) is 4.52 Å². The summed E-state index contributed by atoms with van der Waals surface area (Å²) in [5, 5.41) is 4.16. The summed E-state index contributed by atoms with van der Waals surface area (Å²) in [6.07, 6.45) is 5.92. The van der Waals surface area contributed by atoms with E-state index in [0.29, 0.717) is 5.92 Å². The van der Waals surface area contributed by atoms with E-state index in [-0.39, 0.29) is 0 Å². The number of hydrogen-bond acceptors (Lipinski definition) is 2. The van der Waals surface area contributed by atoms with Gasteiger partial charge in [0.15, 0.2) is 0 Å². The molecule has 0 atom stereocenters. The summed E-state index contributed by atoms with van der Waals surface area (Å²) >= 11 is 0. The maximum absolute atomic E-state index is 5.34. The average molecular weight is 179 g/mol. The number of nitrogens with zero attached hydrogens (tertiary/aromatic N) is 1. The van der Waals surface area contributed by atoms with Crippen molar-refractivity contribution in [2.45, 2.75) is 46.0 Å². The molecule has 1 aliphatic rings. The van der Waals surface area contributed by atoms with Gasteiger partial charge in [-0.05, 0) is 31.6 Å². The van der Waals surface area contributed by atoms with Gasteiger partial charge in [0.05, 0.1) is 5.69 Å². The number of aryl methyl sites for hydroxylation is 1. The Kier molecular flexibility index (Phi) is 2.38. The van der Waals surface area contributed by atoms with Crippen LogP contribution in [0.2, 0.25) is 0 Å². The molecule has 1 aromatic heterocycles. The molecule has 0 radical (unpaired) electrons. The zero-order valence-corrected chi connectivity index (χ0v) is 8.47. The number of hydrogen-bond donors (Lipinski definition) is 0. The summed E-state index contributed by atoms with van der Waals surface area (Å²) in [5.41, 5.74) is 2.63. The van der Waals surface area contributed by atoms with Crippen LogP contribution in [-0.4, -0.2) is 5.16 Å². The van der Waals surface area contributed by atoms with Gasteiger partial charge in [-0.1, -0.05) is 19.0 Å². The zero-order chi connectivity index (χ0) is 9.26. The highest BCUT2D eigenvalue weighted by Gasteiger charge is 2.19. The number of aromatic nitrogens is 1. The molecule has 0 aliphatic heterocycles. The highest BCUT2D eigenvalue weighted by Crippen LogP contribution is 2.25. The lowest BCUT2D eigenvalue weighted by molar-refractivity contribution is 0.366. The molecule has 1 heterocycles. The van der Waals surface area contributed by atoms with Gasteiger partial charge in [0.2, 0.25) is 0 Å². The SMILES string of the molecule is CC(C)Cc1noc2c1CCCC2. The molecule has 0 amide bonds. The van der Waals surface area contributed by atoms with Gasteiger partial charge in [-0.15, -0.1) is 0 Å². The minimum absolute atomic E-state index is 0.677. The first-order valence-electron chi connectivity index (χ1n) is 5.23. The number of rotatable bonds is 2. The van der Waals surface area contributed by atoms with Crippen LogP contribution >= 0.6 is 0 Å². The van der Waals surface area contributed by atoms with Crippen LogP contribution in [0.15, 0.2) is 4.52 Å². The molecule has 2 rings (SSSR count). The van der Waals surface area contributed by atoms with Gasteiger partial charge in [0.1, 0.15) is 5.76 Å². The van der Waals surface area contributed by atoms with Crippen molar-refractivity contribution >= 4 is 0 Å². The summed E-state index contributed by atoms with van der Waals surface area (Å²) in [6.45, 7) is 4.45. The fraction of sp³-hybridized carbons (Fsp3) is 0.727. The minimum atomic E-state index is 0.677. The fourth-order valence-electron chi connectivity index (χ4n) is 2.00. The highest BCUT2D eigenvalue weighted by molar-refractivity contribution is 5.25. The van der Waals surface area contributed by atoms with Crippen LogP contribution in [0.25, 0.3) is 0 Å². The smallest absolute Gasteiger partial charge is 0.140 e. The van der Waals surface area contributed by atoms with Gasteiger partial charge < -0.3 is 4.52 Å². The first-order chi connectivity index (χ1) is 6.27. The summed E-state index contributed by atoms with van der Waals surface area (Å²) in [7, 11) is 0. The third-order valence-electron chi connectivity index (χ3n) is 2.63. The molecule has 0 spiro atoms. The lowest BCUT2D eigenvalue weighted by atomic mass is 9.94. The van der Waals surface area contributed by atoms with E-state index < -0.39 is 0 Å². The summed E-state index contributed by atoms with van der Waals surface area (Å²) in [6, 6.07) is 0. The summed E-state index contributed by atoms with van der Waals surface area (Å²) in [4.78, 5) is 0. The van der Waals surface area contributed by atoms with E-state index >= 15 is 0 Å². The Morgan fingerprint density at radius 2 is 2.08 bits per heavy atom. The van der Waals surface area contributed by atoms with E-state index in [2.05, 4.69) is 19.0 Å². The van der Waals surface area contributed by atoms with Crippen LogP contribution in [0.5, 0.6) is 0 Å². The lowest BCUT2D eigenvalue weighted by Crippen LogP contribution is -2.04. The Bertz CT molecular complexity index is 288. The van der Waals surface area contributed by atoms with Crippen molar-refractivity contribution < 1.29 is 4.52 Å². The maximum atomic E-state index is 5.34. The van der Waals surface area contributed by atoms with Crippen LogP contribution in [0.1, 0.15) is 43.7 Å². The second-order valence-electron chi connectivity index (χ2n) is 4.34. The lowest BCUT2D eigenvalue weighted by Gasteiger charge is -2.09. The standard InChI is InChI=1S/C11H17NO/c1-8(2)7-10-9-5-3-4-6-11(9)13-12-10/h8H,3-7H2,1-2H3. The van der Waals surface area contributed by atoms with E-state index in [0.717, 1.165) is 18.6 Å². The Balaban J connectivity index is 2.21. The van der Waals surface area contributed by atoms with Crippen LogP contribution in [0.3, 0.4) is 0 Å². The summed E-state index contributed by atoms with van der Waals surface area (Å²) in [5.74, 6) is 1.83. The predicted octanol–water partition coefficient (Wildman–Crippen LogP) is 2.75. The third-order valence-corrected chi connectivity index (χ3v) is 2.63. The zero-order valence-electron chi connectivity index (χ0n) is 8.47. The molecule has 0 N–H and O–H groups in total. The van der Waals surface area contributed by atoms with Gasteiger partial charge in [0, 0.05) is 12.0 Å². The van der Waals surface area contributed by atoms with Gasteiger partial charge in [-0.2, -0.15) is 0 Å². The van der Waals surface area contributed by atoms with Crippen molar-refractivity contribution in [3.8, 4) is 0 Å². The molecule has 13 heavy (non-hydrogen) atoms. The van der Waals surface area contributed by atoms with Crippen molar-refractivity contribution in [1.82, 2.24) is 5.16 Å². The molecule has 0 bridgehead atoms. The molecule has 0 fully saturated rings. The first kappa shape index (κ1) is 8.79. The molecule has 1 aromatic rings. The minimum Gasteiger partial charge on any atom is -0.361 e. The van der Waals surface area contributed by atoms with Crippen molar-refractivity contribution in [3.63, 3.8) is 0 Å². The predicted molar refractivity (Wildman–Crippen MR) is 51.7 cm³/mol. The van der Waals surface area contributed by atoms with Crippen molar-refractivity contribution in [2.75, 3.05) is 0 Å². The summed E-state index contributed by atoms with van der Waals surface area (Å²) < 4.78 is 5.34. The molecule has 0 aromatic carbocycles. The Morgan fingerprint density at radius 1 is 1.31 bits per heavy atom. The second-order valence-corrected chi connectivity index (χ2v) is 4.34. The van der Waals surface area contributed by atoms with Crippen LogP contribution in [-0.2, 0) is 19.3 Å². The van der Waals surface area contributed by atoms with Crippen LogP contribution in [0.4, 0.5) is 0 Å². The molecule has 0 saturated carbocycles. The van der Waals surface area contributed by atoms with Crippen LogP contribution in [0, 0.1) is 5.92 Å². The average Bonchev–Trinajstić information content (AvgIpc) is 2.48. The van der Waals surface area contributed by atoms with Gasteiger partial charge >= 0.3 is 0 Å². The maximum Gasteiger partial charge on any atom is 0.140 e. The molecular weight excluding hydrogens is 162 g/mol. The molecule has 2 heteroatoms. The molecule has 0 saturated heterocycles. The monoisotopic (exact) mass is 179 g/mol. The Hall–Kier alpha value is -0.790. The largest absolute Gasteiger partial charge is 0.361 e. The Morgan fingerprint density at radius 3 is 2.85 bits per heavy atom. The number of fused-ring (bicyclic) bond motifs is 1. The molecule has 72 valence electrons. The second kappa shape index (κ2) is 3.52. The molecule has 1 aliphatic carbocycles. The molecule has 2 nitrogen and oxygen atoms in total. The molecule has 0 unspecified atom stereocenters. The van der Waals surface area contributed by atoms with E-state index in [1.807, 2.05) is 0 Å². The van der Waals surface area contributed by atoms with Crippen LogP contribution < -0.4 is 0 Å². The first-order valence-corrected chi connectivity index (χ1v) is 5.23. The topological polar surface area (TPSA) is 26.0 Å². The van der Waals surface area contributed by atoms with E-state index in [9.17, 15) is 0 Å². The van der Waals surface area contributed by atoms with E-state index in [1.54, 1.807) is 0 Å². The fourth-order valence-corrected chi connectivity index (χ4v) is 2.00. The Labute approximate surface area is 79.3 Å². The quantitative estimate of drug-likeness (QED) is 0.697. The molecular formula is C11H17NO. The van der Waals surface area contributed by atoms with E-state index in [1.165, 1.54) is 30.5 Å². The van der Waals surface area contributed by atoms with Crippen molar-refractivity contribution in [3.05, 3.63) is 17.0 Å². The van der Waals surface area contributed by atoms with Gasteiger partial charge in [-0.25, -0.2) is 0 Å².